The molecule has 21 heavy (non-hydrogen) atoms. The van der Waals surface area contributed by atoms with E-state index in [0.717, 1.165) is 32.2 Å². The van der Waals surface area contributed by atoms with Gasteiger partial charge in [-0.2, -0.15) is 13.2 Å². The molecule has 0 aromatic heterocycles. The SMILES string of the molecule is CCN(C1CC2CCC(C1)N2)C1CCCC(C(F)(F)F)C1. The molecule has 0 aromatic carbocycles. The lowest BCUT2D eigenvalue weighted by atomic mass is 9.83. The number of fused-ring (bicyclic) bond motifs is 2. The topological polar surface area (TPSA) is 15.3 Å². The Morgan fingerprint density at radius 3 is 2.19 bits per heavy atom. The van der Waals surface area contributed by atoms with Gasteiger partial charge in [-0.3, -0.25) is 4.90 Å². The van der Waals surface area contributed by atoms with Gasteiger partial charge in [0.1, 0.15) is 0 Å². The minimum Gasteiger partial charge on any atom is -0.311 e. The molecule has 1 saturated carbocycles. The Morgan fingerprint density at radius 1 is 0.952 bits per heavy atom. The highest BCUT2D eigenvalue weighted by molar-refractivity contribution is 4.97. The molecule has 0 amide bonds. The monoisotopic (exact) mass is 304 g/mol. The normalized spacial score (nSPS) is 40.7. The van der Waals surface area contributed by atoms with Crippen molar-refractivity contribution in [3.63, 3.8) is 0 Å². The third-order valence-corrected chi connectivity index (χ3v) is 5.86. The Hall–Kier alpha value is -0.290. The molecule has 122 valence electrons. The summed E-state index contributed by atoms with van der Waals surface area (Å²) in [4.78, 5) is 2.41. The van der Waals surface area contributed by atoms with E-state index in [9.17, 15) is 13.2 Å². The molecule has 0 spiro atoms. The maximum atomic E-state index is 13.0. The van der Waals surface area contributed by atoms with E-state index < -0.39 is 12.1 Å². The highest BCUT2D eigenvalue weighted by Crippen LogP contribution is 2.40. The fraction of sp³-hybridized carbons (Fsp3) is 1.00. The average molecular weight is 304 g/mol. The average Bonchev–Trinajstić information content (AvgIpc) is 2.78. The lowest BCUT2D eigenvalue weighted by Gasteiger charge is -2.44. The fourth-order valence-electron chi connectivity index (χ4n) is 4.88. The summed E-state index contributed by atoms with van der Waals surface area (Å²) >= 11 is 0. The van der Waals surface area contributed by atoms with E-state index in [1.807, 2.05) is 0 Å². The Bertz CT molecular complexity index is 346. The van der Waals surface area contributed by atoms with Gasteiger partial charge < -0.3 is 5.32 Å². The Balaban J connectivity index is 1.65. The van der Waals surface area contributed by atoms with E-state index >= 15 is 0 Å². The second-order valence-corrected chi connectivity index (χ2v) is 7.15. The van der Waals surface area contributed by atoms with Crippen LogP contribution < -0.4 is 5.32 Å². The van der Waals surface area contributed by atoms with Gasteiger partial charge in [0.2, 0.25) is 0 Å². The number of halogens is 3. The number of rotatable bonds is 3. The molecule has 2 bridgehead atoms. The largest absolute Gasteiger partial charge is 0.391 e. The predicted molar refractivity (Wildman–Crippen MR) is 77.1 cm³/mol. The fourth-order valence-corrected chi connectivity index (χ4v) is 4.88. The molecule has 0 aromatic rings. The molecule has 2 nitrogen and oxygen atoms in total. The summed E-state index contributed by atoms with van der Waals surface area (Å²) in [6, 6.07) is 1.83. The number of piperidine rings is 1. The van der Waals surface area contributed by atoms with Crippen LogP contribution in [0.2, 0.25) is 0 Å². The predicted octanol–water partition coefficient (Wildman–Crippen LogP) is 3.71. The van der Waals surface area contributed by atoms with Crippen molar-refractivity contribution in [1.29, 1.82) is 0 Å². The van der Waals surface area contributed by atoms with Crippen LogP contribution in [0, 0.1) is 5.92 Å². The summed E-state index contributed by atoms with van der Waals surface area (Å²) in [5.74, 6) is -1.08. The highest BCUT2D eigenvalue weighted by Gasteiger charge is 2.45. The van der Waals surface area contributed by atoms with E-state index in [0.29, 0.717) is 31.0 Å². The van der Waals surface area contributed by atoms with Gasteiger partial charge in [0.05, 0.1) is 5.92 Å². The molecular formula is C16H27F3N2. The zero-order valence-electron chi connectivity index (χ0n) is 12.8. The van der Waals surface area contributed by atoms with Crippen LogP contribution in [0.1, 0.15) is 58.3 Å². The molecule has 2 aliphatic heterocycles. The minimum atomic E-state index is -4.01. The molecule has 5 heteroatoms. The van der Waals surface area contributed by atoms with Crippen molar-refractivity contribution in [2.24, 2.45) is 5.92 Å². The Kier molecular flexibility index (Phi) is 4.51. The Labute approximate surface area is 125 Å². The molecule has 2 saturated heterocycles. The van der Waals surface area contributed by atoms with Crippen molar-refractivity contribution in [1.82, 2.24) is 10.2 Å². The third kappa shape index (κ3) is 3.39. The van der Waals surface area contributed by atoms with Gasteiger partial charge in [0, 0.05) is 24.2 Å². The zero-order chi connectivity index (χ0) is 15.0. The number of alkyl halides is 3. The number of hydrogen-bond acceptors (Lipinski definition) is 2. The van der Waals surface area contributed by atoms with Gasteiger partial charge in [0.15, 0.2) is 0 Å². The van der Waals surface area contributed by atoms with Gasteiger partial charge in [-0.25, -0.2) is 0 Å². The Morgan fingerprint density at radius 2 is 1.62 bits per heavy atom. The quantitative estimate of drug-likeness (QED) is 0.855. The first-order valence-corrected chi connectivity index (χ1v) is 8.56. The standard InChI is InChI=1S/C16H27F3N2/c1-2-21(15-9-12-6-7-13(10-15)20-12)14-5-3-4-11(8-14)16(17,18)19/h11-15,20H,2-10H2,1H3. The molecule has 3 fully saturated rings. The first kappa shape index (κ1) is 15.6. The summed E-state index contributed by atoms with van der Waals surface area (Å²) in [6.45, 7) is 3.00. The number of nitrogens with zero attached hydrogens (tertiary/aromatic N) is 1. The summed E-state index contributed by atoms with van der Waals surface area (Å²) in [7, 11) is 0. The summed E-state index contributed by atoms with van der Waals surface area (Å²) < 4.78 is 39.1. The van der Waals surface area contributed by atoms with Crippen LogP contribution in [-0.2, 0) is 0 Å². The van der Waals surface area contributed by atoms with Crippen LogP contribution in [0.3, 0.4) is 0 Å². The first-order chi connectivity index (χ1) is 9.97. The second kappa shape index (κ2) is 6.07. The second-order valence-electron chi connectivity index (χ2n) is 7.15. The smallest absolute Gasteiger partial charge is 0.311 e. The molecule has 4 unspecified atom stereocenters. The molecule has 0 radical (unpaired) electrons. The van der Waals surface area contributed by atoms with Gasteiger partial charge in [-0.05, 0) is 51.5 Å². The maximum Gasteiger partial charge on any atom is 0.391 e. The van der Waals surface area contributed by atoms with E-state index in [1.165, 1.54) is 12.8 Å². The van der Waals surface area contributed by atoms with Crippen molar-refractivity contribution in [3.05, 3.63) is 0 Å². The molecular weight excluding hydrogens is 277 g/mol. The highest BCUT2D eigenvalue weighted by atomic mass is 19.4. The van der Waals surface area contributed by atoms with Crippen LogP contribution in [-0.4, -0.2) is 41.8 Å². The van der Waals surface area contributed by atoms with E-state index in [1.54, 1.807) is 0 Å². The summed E-state index contributed by atoms with van der Waals surface area (Å²) in [5, 5.41) is 3.63. The molecule has 2 heterocycles. The molecule has 4 atom stereocenters. The summed E-state index contributed by atoms with van der Waals surface area (Å²) in [5.41, 5.74) is 0. The third-order valence-electron chi connectivity index (χ3n) is 5.86. The van der Waals surface area contributed by atoms with Crippen molar-refractivity contribution in [2.75, 3.05) is 6.54 Å². The minimum absolute atomic E-state index is 0.137. The van der Waals surface area contributed by atoms with Crippen molar-refractivity contribution >= 4 is 0 Å². The maximum absolute atomic E-state index is 13.0. The van der Waals surface area contributed by atoms with Crippen molar-refractivity contribution in [3.8, 4) is 0 Å². The summed E-state index contributed by atoms with van der Waals surface area (Å²) in [6.07, 6.45) is 3.04. The van der Waals surface area contributed by atoms with Crippen LogP contribution in [0.25, 0.3) is 0 Å². The lowest BCUT2D eigenvalue weighted by Crippen LogP contribution is -2.53. The van der Waals surface area contributed by atoms with Crippen molar-refractivity contribution in [2.45, 2.75) is 88.6 Å². The lowest BCUT2D eigenvalue weighted by molar-refractivity contribution is -0.187. The van der Waals surface area contributed by atoms with E-state index in [-0.39, 0.29) is 6.04 Å². The van der Waals surface area contributed by atoms with Crippen LogP contribution >= 0.6 is 0 Å². The van der Waals surface area contributed by atoms with Crippen molar-refractivity contribution < 1.29 is 13.2 Å². The molecule has 3 rings (SSSR count). The number of hydrogen-bond donors (Lipinski definition) is 1. The zero-order valence-corrected chi connectivity index (χ0v) is 12.8. The molecule has 1 N–H and O–H groups in total. The van der Waals surface area contributed by atoms with Crippen LogP contribution in [0.5, 0.6) is 0 Å². The van der Waals surface area contributed by atoms with Gasteiger partial charge in [-0.1, -0.05) is 13.3 Å². The molecule has 1 aliphatic carbocycles. The van der Waals surface area contributed by atoms with Gasteiger partial charge >= 0.3 is 6.18 Å². The first-order valence-electron chi connectivity index (χ1n) is 8.56. The van der Waals surface area contributed by atoms with Crippen LogP contribution in [0.15, 0.2) is 0 Å². The number of nitrogens with one attached hydrogen (secondary N) is 1. The molecule has 3 aliphatic rings. The van der Waals surface area contributed by atoms with Crippen LogP contribution in [0.4, 0.5) is 13.2 Å². The van der Waals surface area contributed by atoms with Gasteiger partial charge in [-0.15, -0.1) is 0 Å². The van der Waals surface area contributed by atoms with Gasteiger partial charge in [0.25, 0.3) is 0 Å². The van der Waals surface area contributed by atoms with E-state index in [2.05, 4.69) is 17.1 Å². The van der Waals surface area contributed by atoms with E-state index in [4.69, 9.17) is 0 Å².